The average Bonchev–Trinajstić information content (AvgIpc) is 2.40. The van der Waals surface area contributed by atoms with Crippen LogP contribution < -0.4 is 4.72 Å². The van der Waals surface area contributed by atoms with Crippen LogP contribution in [0.25, 0.3) is 0 Å². The Morgan fingerprint density at radius 1 is 1.17 bits per heavy atom. The predicted molar refractivity (Wildman–Crippen MR) is 93.5 cm³/mol. The molecule has 5 nitrogen and oxygen atoms in total. The number of piperidine rings is 1. The van der Waals surface area contributed by atoms with Gasteiger partial charge in [-0.2, -0.15) is 0 Å². The van der Waals surface area contributed by atoms with E-state index in [-0.39, 0.29) is 16.3 Å². The highest BCUT2D eigenvalue weighted by molar-refractivity contribution is 7.90. The molecule has 134 valence electrons. The van der Waals surface area contributed by atoms with Gasteiger partial charge in [0.2, 0.25) is 0 Å². The lowest BCUT2D eigenvalue weighted by atomic mass is 9.60. The maximum atomic E-state index is 12.3. The van der Waals surface area contributed by atoms with Gasteiger partial charge in [0.1, 0.15) is 10.3 Å². The smallest absolute Gasteiger partial charge is 0.410 e. The third-order valence-corrected chi connectivity index (χ3v) is 6.50. The summed E-state index contributed by atoms with van der Waals surface area (Å²) in [5.41, 5.74) is -0.240. The molecule has 0 aromatic carbocycles. The molecule has 1 spiro atoms. The molecule has 1 N–H and O–H groups in total. The number of hydrogen-bond donors (Lipinski definition) is 1. The summed E-state index contributed by atoms with van der Waals surface area (Å²) in [7, 11) is 0. The summed E-state index contributed by atoms with van der Waals surface area (Å²) in [6.07, 6.45) is 3.95. The van der Waals surface area contributed by atoms with Gasteiger partial charge in [-0.05, 0) is 72.6 Å². The lowest BCUT2D eigenvalue weighted by Crippen LogP contribution is -2.61. The highest BCUT2D eigenvalue weighted by Crippen LogP contribution is 2.49. The van der Waals surface area contributed by atoms with Crippen molar-refractivity contribution in [3.05, 3.63) is 0 Å². The molecular formula is C17H32N2O3S. The van der Waals surface area contributed by atoms with Gasteiger partial charge in [-0.1, -0.05) is 0 Å². The number of rotatable bonds is 2. The quantitative estimate of drug-likeness (QED) is 0.781. The largest absolute Gasteiger partial charge is 0.598 e. The molecular weight excluding hydrogens is 312 g/mol. The fraction of sp³-hybridized carbons (Fsp3) is 0.941. The van der Waals surface area contributed by atoms with Crippen LogP contribution in [0.3, 0.4) is 0 Å². The number of likely N-dealkylation sites (tertiary alicyclic amines) is 1. The Morgan fingerprint density at radius 2 is 1.74 bits per heavy atom. The van der Waals surface area contributed by atoms with Gasteiger partial charge in [-0.3, -0.25) is 0 Å². The molecule has 1 heterocycles. The topological polar surface area (TPSA) is 64.6 Å². The second-order valence-corrected chi connectivity index (χ2v) is 10.9. The van der Waals surface area contributed by atoms with E-state index in [1.807, 2.05) is 46.4 Å². The molecule has 2 atom stereocenters. The molecule has 1 saturated heterocycles. The van der Waals surface area contributed by atoms with Crippen molar-refractivity contribution in [2.75, 3.05) is 13.1 Å². The zero-order valence-electron chi connectivity index (χ0n) is 15.4. The summed E-state index contributed by atoms with van der Waals surface area (Å²) >= 11 is -1.03. The minimum Gasteiger partial charge on any atom is -0.598 e. The minimum absolute atomic E-state index is 0.208. The van der Waals surface area contributed by atoms with Crippen molar-refractivity contribution < 1.29 is 14.1 Å². The van der Waals surface area contributed by atoms with E-state index in [1.54, 1.807) is 0 Å². The summed E-state index contributed by atoms with van der Waals surface area (Å²) < 4.78 is 20.9. The van der Waals surface area contributed by atoms with Gasteiger partial charge >= 0.3 is 6.09 Å². The van der Waals surface area contributed by atoms with E-state index in [4.69, 9.17) is 4.74 Å². The van der Waals surface area contributed by atoms with Gasteiger partial charge in [0.15, 0.2) is 0 Å². The van der Waals surface area contributed by atoms with Crippen molar-refractivity contribution in [3.63, 3.8) is 0 Å². The molecule has 1 aliphatic heterocycles. The summed E-state index contributed by atoms with van der Waals surface area (Å²) in [5.74, 6) is 0. The molecule has 0 radical (unpaired) electrons. The standard InChI is InChI=1S/C17H32N2O3S/c1-15(2,3)22-14(20)19-11-9-17(10-12-19)8-7-13(17)18-23(21)16(4,5)6/h13,18H,7-12H2,1-6H3/t13-,23+/m0/s1. The number of ether oxygens (including phenoxy) is 1. The lowest BCUT2D eigenvalue weighted by Gasteiger charge is -2.53. The van der Waals surface area contributed by atoms with Gasteiger partial charge in [0, 0.05) is 24.5 Å². The van der Waals surface area contributed by atoms with Gasteiger partial charge in [0.25, 0.3) is 0 Å². The van der Waals surface area contributed by atoms with Crippen LogP contribution in [0.2, 0.25) is 0 Å². The van der Waals surface area contributed by atoms with E-state index in [1.165, 1.54) is 0 Å². The molecule has 1 amide bonds. The van der Waals surface area contributed by atoms with Gasteiger partial charge in [0.05, 0.1) is 6.04 Å². The van der Waals surface area contributed by atoms with E-state index in [2.05, 4.69) is 4.72 Å². The molecule has 1 aliphatic carbocycles. The monoisotopic (exact) mass is 344 g/mol. The predicted octanol–water partition coefficient (Wildman–Crippen LogP) is 3.22. The maximum absolute atomic E-state index is 12.3. The first-order valence-electron chi connectivity index (χ1n) is 8.59. The van der Waals surface area contributed by atoms with Crippen molar-refractivity contribution >= 4 is 17.5 Å². The highest BCUT2D eigenvalue weighted by atomic mass is 32.2. The third kappa shape index (κ3) is 4.54. The molecule has 0 bridgehead atoms. The lowest BCUT2D eigenvalue weighted by molar-refractivity contribution is -0.0184. The van der Waals surface area contributed by atoms with Gasteiger partial charge in [-0.15, -0.1) is 4.72 Å². The summed E-state index contributed by atoms with van der Waals surface area (Å²) in [6.45, 7) is 13.1. The number of carbonyl (C=O) groups excluding carboxylic acids is 1. The van der Waals surface area contributed by atoms with Crippen LogP contribution in [0.5, 0.6) is 0 Å². The number of nitrogens with one attached hydrogen (secondary N) is 1. The van der Waals surface area contributed by atoms with E-state index >= 15 is 0 Å². The van der Waals surface area contributed by atoms with E-state index < -0.39 is 17.0 Å². The van der Waals surface area contributed by atoms with Gasteiger partial charge < -0.3 is 14.2 Å². The second kappa shape index (κ2) is 6.45. The van der Waals surface area contributed by atoms with E-state index in [0.717, 1.165) is 38.8 Å². The maximum Gasteiger partial charge on any atom is 0.410 e. The Labute approximate surface area is 143 Å². The molecule has 0 aromatic heterocycles. The molecule has 1 saturated carbocycles. The average molecular weight is 345 g/mol. The molecule has 0 aromatic rings. The van der Waals surface area contributed by atoms with E-state index in [9.17, 15) is 9.35 Å². The zero-order chi connectivity index (χ0) is 17.5. The first-order valence-corrected chi connectivity index (χ1v) is 9.74. The Bertz CT molecular complexity index is 434. The van der Waals surface area contributed by atoms with Crippen molar-refractivity contribution in [1.29, 1.82) is 0 Å². The zero-order valence-corrected chi connectivity index (χ0v) is 16.2. The Balaban J connectivity index is 1.87. The Hall–Kier alpha value is -0.460. The fourth-order valence-electron chi connectivity index (χ4n) is 3.25. The van der Waals surface area contributed by atoms with Crippen molar-refractivity contribution in [2.24, 2.45) is 5.41 Å². The third-order valence-electron chi connectivity index (χ3n) is 4.89. The van der Waals surface area contributed by atoms with Gasteiger partial charge in [-0.25, -0.2) is 4.79 Å². The highest BCUT2D eigenvalue weighted by Gasteiger charge is 2.51. The molecule has 0 unspecified atom stereocenters. The SMILES string of the molecule is CC(C)(C)OC(=O)N1CCC2(CC[C@@H]2N[S@+]([O-])C(C)(C)C)CC1. The molecule has 2 aliphatic rings. The van der Waals surface area contributed by atoms with Crippen molar-refractivity contribution in [2.45, 2.75) is 83.6 Å². The van der Waals surface area contributed by atoms with Crippen LogP contribution in [0.15, 0.2) is 0 Å². The van der Waals surface area contributed by atoms with Crippen molar-refractivity contribution in [3.8, 4) is 0 Å². The number of carbonyl (C=O) groups is 1. The van der Waals surface area contributed by atoms with E-state index in [0.29, 0.717) is 6.04 Å². The molecule has 23 heavy (non-hydrogen) atoms. The molecule has 2 rings (SSSR count). The second-order valence-electron chi connectivity index (χ2n) is 8.92. The normalized spacial score (nSPS) is 25.9. The first-order chi connectivity index (χ1) is 10.4. The van der Waals surface area contributed by atoms with Crippen LogP contribution in [0, 0.1) is 5.41 Å². The molecule has 2 fully saturated rings. The summed E-state index contributed by atoms with van der Waals surface area (Å²) in [5, 5.41) is 0. The first kappa shape index (κ1) is 18.9. The van der Waals surface area contributed by atoms with Crippen LogP contribution in [0.1, 0.15) is 67.2 Å². The van der Waals surface area contributed by atoms with Crippen molar-refractivity contribution in [1.82, 2.24) is 9.62 Å². The number of amides is 1. The van der Waals surface area contributed by atoms with Crippen LogP contribution in [0.4, 0.5) is 4.79 Å². The number of nitrogens with zero attached hydrogens (tertiary/aromatic N) is 1. The Kier molecular flexibility index (Phi) is 5.29. The van der Waals surface area contributed by atoms with Crippen LogP contribution in [-0.2, 0) is 16.1 Å². The van der Waals surface area contributed by atoms with Crippen LogP contribution >= 0.6 is 0 Å². The number of hydrogen-bond acceptors (Lipinski definition) is 4. The minimum atomic E-state index is -1.03. The summed E-state index contributed by atoms with van der Waals surface area (Å²) in [4.78, 5) is 14.0. The Morgan fingerprint density at radius 3 is 2.13 bits per heavy atom. The fourth-order valence-corrected chi connectivity index (χ4v) is 4.23. The van der Waals surface area contributed by atoms with Crippen LogP contribution in [-0.4, -0.2) is 45.0 Å². The molecule has 6 heteroatoms. The summed E-state index contributed by atoms with van der Waals surface area (Å²) in [6, 6.07) is 0.309.